The molecular formula is C8H16KNO2-2. The Morgan fingerprint density at radius 1 is 0.833 bits per heavy atom. The molecule has 0 bridgehead atoms. The van der Waals surface area contributed by atoms with Crippen molar-refractivity contribution in [2.45, 2.75) is 25.7 Å². The van der Waals surface area contributed by atoms with E-state index in [1.54, 1.807) is 14.2 Å². The minimum absolute atomic E-state index is 0. The summed E-state index contributed by atoms with van der Waals surface area (Å²) < 4.78 is 9.56. The van der Waals surface area contributed by atoms with Crippen LogP contribution in [0.25, 0.3) is 6.15 Å². The Balaban J connectivity index is 0. The molecule has 0 unspecified atom stereocenters. The summed E-state index contributed by atoms with van der Waals surface area (Å²) in [7, 11) is 3.45. The van der Waals surface area contributed by atoms with Crippen molar-refractivity contribution in [3.8, 4) is 0 Å². The number of hydrogen-bond acceptors (Lipinski definition) is 2. The zero-order chi connectivity index (χ0) is 7.40. The first-order chi connectivity index (χ1) is 4.86. The van der Waals surface area contributed by atoms with Gasteiger partial charge in [0, 0.05) is 0 Å². The van der Waals surface area contributed by atoms with Crippen LogP contribution in [-0.4, -0.2) is 14.2 Å². The summed E-state index contributed by atoms with van der Waals surface area (Å²) in [6.07, 6.45) is 7.33. The molecule has 2 saturated carbocycles. The van der Waals surface area contributed by atoms with Crippen molar-refractivity contribution < 1.29 is 60.9 Å². The third-order valence-corrected chi connectivity index (χ3v) is 1.49. The number of hydrogen-bond donors (Lipinski definition) is 0. The molecule has 0 atom stereocenters. The molecular weight excluding hydrogens is 181 g/mol. The molecule has 0 aromatic rings. The van der Waals surface area contributed by atoms with E-state index in [1.807, 2.05) is 0 Å². The molecule has 2 fully saturated rings. The van der Waals surface area contributed by atoms with E-state index < -0.39 is 0 Å². The normalized spacial score (nSPS) is 19.5. The molecule has 0 saturated heterocycles. The van der Waals surface area contributed by atoms with Crippen LogP contribution in [0.2, 0.25) is 0 Å². The van der Waals surface area contributed by atoms with Gasteiger partial charge in [0.1, 0.15) is 0 Å². The number of nitrogens with two attached hydrogens (primary N) is 1. The van der Waals surface area contributed by atoms with Crippen molar-refractivity contribution in [3.63, 3.8) is 0 Å². The average molecular weight is 197 g/mol. The minimum atomic E-state index is 0. The molecule has 0 heterocycles. The summed E-state index contributed by atoms with van der Waals surface area (Å²) in [5.74, 6) is 0. The van der Waals surface area contributed by atoms with Crippen LogP contribution in [0.1, 0.15) is 25.7 Å². The number of ether oxygens (including phenoxy) is 2. The fraction of sp³-hybridized carbons (Fsp3) is 0.750. The standard InChI is InChI=1S/2C4H7O.K.H2N/c2*1-5-4-2-3-4;;/h2*2-3H2,1H3;;1H2/q2*-1;+1;-1. The molecule has 0 aromatic carbocycles. The van der Waals surface area contributed by atoms with Gasteiger partial charge >= 0.3 is 51.4 Å². The third kappa shape index (κ3) is 9.60. The first-order valence-electron chi connectivity index (χ1n) is 3.64. The molecule has 12 heavy (non-hydrogen) atoms. The summed E-state index contributed by atoms with van der Waals surface area (Å²) in [6.45, 7) is 0. The van der Waals surface area contributed by atoms with Crippen molar-refractivity contribution in [2.24, 2.45) is 0 Å². The van der Waals surface area contributed by atoms with Gasteiger partial charge in [0.25, 0.3) is 0 Å². The zero-order valence-corrected chi connectivity index (χ0v) is 11.3. The van der Waals surface area contributed by atoms with Crippen LogP contribution in [0, 0.1) is 12.2 Å². The van der Waals surface area contributed by atoms with Gasteiger partial charge in [0.05, 0.1) is 0 Å². The van der Waals surface area contributed by atoms with Crippen molar-refractivity contribution in [1.29, 1.82) is 0 Å². The molecule has 3 nitrogen and oxygen atoms in total. The maximum atomic E-state index is 4.78. The van der Waals surface area contributed by atoms with Gasteiger partial charge in [-0.05, 0) is 14.2 Å². The maximum Gasteiger partial charge on any atom is 1.00 e. The van der Waals surface area contributed by atoms with Gasteiger partial charge < -0.3 is 15.6 Å². The first kappa shape index (κ1) is 16.0. The Bertz CT molecular complexity index is 83.1. The quantitative estimate of drug-likeness (QED) is 0.448. The van der Waals surface area contributed by atoms with E-state index in [-0.39, 0.29) is 57.5 Å². The fourth-order valence-corrected chi connectivity index (χ4v) is 0.510. The van der Waals surface area contributed by atoms with E-state index in [1.165, 1.54) is 37.9 Å². The second-order valence-electron chi connectivity index (χ2n) is 2.49. The van der Waals surface area contributed by atoms with Crippen LogP contribution in [-0.2, 0) is 9.47 Å². The van der Waals surface area contributed by atoms with E-state index in [0.717, 1.165) is 0 Å². The molecule has 0 radical (unpaired) electrons. The Kier molecular flexibility index (Phi) is 12.1. The second-order valence-corrected chi connectivity index (χ2v) is 2.49. The Morgan fingerprint density at radius 2 is 1.08 bits per heavy atom. The topological polar surface area (TPSA) is 52.0 Å². The molecule has 4 heteroatoms. The van der Waals surface area contributed by atoms with E-state index >= 15 is 0 Å². The van der Waals surface area contributed by atoms with Crippen molar-refractivity contribution in [3.05, 3.63) is 18.4 Å². The summed E-state index contributed by atoms with van der Waals surface area (Å²) >= 11 is 0. The van der Waals surface area contributed by atoms with Gasteiger partial charge in [0.2, 0.25) is 0 Å². The van der Waals surface area contributed by atoms with Crippen LogP contribution in [0.3, 0.4) is 0 Å². The van der Waals surface area contributed by atoms with Gasteiger partial charge in [-0.25, -0.2) is 12.2 Å². The van der Waals surface area contributed by atoms with Crippen molar-refractivity contribution in [1.82, 2.24) is 0 Å². The average Bonchev–Trinajstić information content (AvgIpc) is 2.86. The maximum absolute atomic E-state index is 4.78. The van der Waals surface area contributed by atoms with Crippen LogP contribution < -0.4 is 51.4 Å². The molecule has 2 aliphatic rings. The Hall–Kier alpha value is 1.52. The Morgan fingerprint density at radius 3 is 1.08 bits per heavy atom. The van der Waals surface area contributed by atoms with Gasteiger partial charge in [0.15, 0.2) is 0 Å². The molecule has 0 spiro atoms. The van der Waals surface area contributed by atoms with E-state index in [0.29, 0.717) is 0 Å². The smallest absolute Gasteiger partial charge is 0.693 e. The van der Waals surface area contributed by atoms with E-state index in [9.17, 15) is 0 Å². The number of methoxy groups -OCH3 is 2. The summed E-state index contributed by atoms with van der Waals surface area (Å²) in [5.41, 5.74) is 0. The molecule has 2 N–H and O–H groups in total. The first-order valence-corrected chi connectivity index (χ1v) is 3.64. The minimum Gasteiger partial charge on any atom is -0.693 e. The van der Waals surface area contributed by atoms with Crippen LogP contribution in [0.4, 0.5) is 0 Å². The molecule has 0 amide bonds. The van der Waals surface area contributed by atoms with Gasteiger partial charge in [-0.1, -0.05) is 0 Å². The monoisotopic (exact) mass is 197 g/mol. The van der Waals surface area contributed by atoms with Gasteiger partial charge in [-0.2, -0.15) is 25.7 Å². The predicted molar refractivity (Wildman–Crippen MR) is 44.3 cm³/mol. The summed E-state index contributed by atoms with van der Waals surface area (Å²) in [4.78, 5) is 0. The van der Waals surface area contributed by atoms with E-state index in [2.05, 4.69) is 0 Å². The molecule has 0 aromatic heterocycles. The third-order valence-electron chi connectivity index (χ3n) is 1.49. The molecule has 0 aliphatic heterocycles. The predicted octanol–water partition coefficient (Wildman–Crippen LogP) is -0.362. The SMILES string of the molecule is CO[C-]1CC1.CO[C-]1CC1.[K+].[NH2-]. The van der Waals surface area contributed by atoms with Crippen LogP contribution >= 0.6 is 0 Å². The van der Waals surface area contributed by atoms with E-state index in [4.69, 9.17) is 9.47 Å². The van der Waals surface area contributed by atoms with Gasteiger partial charge in [-0.3, -0.25) is 0 Å². The van der Waals surface area contributed by atoms with Crippen LogP contribution in [0.5, 0.6) is 0 Å². The van der Waals surface area contributed by atoms with Crippen molar-refractivity contribution in [2.75, 3.05) is 14.2 Å². The molecule has 2 rings (SSSR count). The second kappa shape index (κ2) is 9.09. The van der Waals surface area contributed by atoms with Crippen LogP contribution in [0.15, 0.2) is 0 Å². The fourth-order valence-electron chi connectivity index (χ4n) is 0.510. The summed E-state index contributed by atoms with van der Waals surface area (Å²) in [6, 6.07) is 0. The molecule has 2 aliphatic carbocycles. The van der Waals surface area contributed by atoms with Crippen molar-refractivity contribution >= 4 is 0 Å². The largest absolute Gasteiger partial charge is 1.00 e. The number of rotatable bonds is 2. The zero-order valence-electron chi connectivity index (χ0n) is 8.22. The Labute approximate surface area is 118 Å². The summed E-state index contributed by atoms with van der Waals surface area (Å²) in [5, 5.41) is 0. The molecule has 68 valence electrons. The van der Waals surface area contributed by atoms with Gasteiger partial charge in [-0.15, -0.1) is 0 Å².